The van der Waals surface area contributed by atoms with Gasteiger partial charge in [-0.25, -0.2) is 0 Å². The molecule has 2 aromatic rings. The molecule has 0 saturated heterocycles. The molecule has 0 bridgehead atoms. The number of carbonyl (C=O) groups excluding carboxylic acids is 1. The minimum Gasteiger partial charge on any atom is -0.497 e. The van der Waals surface area contributed by atoms with E-state index in [0.29, 0.717) is 28.3 Å². The average molecular weight is 365 g/mol. The number of methoxy groups -OCH3 is 2. The highest BCUT2D eigenvalue weighted by Gasteiger charge is 2.24. The van der Waals surface area contributed by atoms with Gasteiger partial charge in [0.15, 0.2) is 0 Å². The second-order valence-corrected chi connectivity index (χ2v) is 7.73. The zero-order valence-corrected chi connectivity index (χ0v) is 16.1. The summed E-state index contributed by atoms with van der Waals surface area (Å²) < 4.78 is 16.1. The topological polar surface area (TPSA) is 86.5 Å². The molecule has 1 unspecified atom stereocenters. The quantitative estimate of drug-likeness (QED) is 0.784. The molecule has 0 spiro atoms. The van der Waals surface area contributed by atoms with Crippen LogP contribution in [0.25, 0.3) is 0 Å². The van der Waals surface area contributed by atoms with Gasteiger partial charge in [-0.1, -0.05) is 32.5 Å². The van der Waals surface area contributed by atoms with Crippen LogP contribution in [0.4, 0.5) is 5.69 Å². The first kappa shape index (κ1) is 19.1. The van der Waals surface area contributed by atoms with Gasteiger partial charge in [0.25, 0.3) is 5.22 Å². The molecule has 0 saturated carbocycles. The molecule has 0 aliphatic heterocycles. The highest BCUT2D eigenvalue weighted by atomic mass is 32.2. The summed E-state index contributed by atoms with van der Waals surface area (Å²) >= 11 is 1.21. The van der Waals surface area contributed by atoms with Gasteiger partial charge in [0.05, 0.1) is 25.2 Å². The Morgan fingerprint density at radius 2 is 1.96 bits per heavy atom. The van der Waals surface area contributed by atoms with Crippen molar-refractivity contribution in [3.63, 3.8) is 0 Å². The molecular formula is C17H23N3O4S. The standard InChI is InChI=1S/C17H23N3O4S/c1-10(25-16-20-19-15(24-16)17(2,3)4)14(21)18-12-9-11(22-5)7-8-13(12)23-6/h7-10H,1-6H3,(H,18,21). The summed E-state index contributed by atoms with van der Waals surface area (Å²) in [6.07, 6.45) is 0. The molecule has 136 valence electrons. The molecule has 1 atom stereocenters. The molecular weight excluding hydrogens is 342 g/mol. The summed E-state index contributed by atoms with van der Waals surface area (Å²) in [4.78, 5) is 12.5. The fourth-order valence-electron chi connectivity index (χ4n) is 1.91. The van der Waals surface area contributed by atoms with Crippen LogP contribution in [0.15, 0.2) is 27.8 Å². The number of aromatic nitrogens is 2. The van der Waals surface area contributed by atoms with Gasteiger partial charge in [-0.3, -0.25) is 4.79 Å². The zero-order chi connectivity index (χ0) is 18.6. The summed E-state index contributed by atoms with van der Waals surface area (Å²) in [7, 11) is 3.11. The van der Waals surface area contributed by atoms with E-state index in [1.807, 2.05) is 20.8 Å². The van der Waals surface area contributed by atoms with E-state index >= 15 is 0 Å². The zero-order valence-electron chi connectivity index (χ0n) is 15.2. The van der Waals surface area contributed by atoms with Gasteiger partial charge in [-0.05, 0) is 19.1 Å². The lowest BCUT2D eigenvalue weighted by Gasteiger charge is -2.14. The smallest absolute Gasteiger partial charge is 0.277 e. The van der Waals surface area contributed by atoms with Crippen molar-refractivity contribution in [2.75, 3.05) is 19.5 Å². The van der Waals surface area contributed by atoms with Crippen LogP contribution in [-0.4, -0.2) is 35.6 Å². The minimum atomic E-state index is -0.427. The van der Waals surface area contributed by atoms with Crippen molar-refractivity contribution >= 4 is 23.4 Å². The number of nitrogens with zero attached hydrogens (tertiary/aromatic N) is 2. The van der Waals surface area contributed by atoms with Crippen LogP contribution in [0, 0.1) is 0 Å². The molecule has 1 aromatic carbocycles. The maximum atomic E-state index is 12.5. The lowest BCUT2D eigenvalue weighted by Crippen LogP contribution is -2.22. The van der Waals surface area contributed by atoms with Gasteiger partial charge in [0.1, 0.15) is 11.5 Å². The Hall–Kier alpha value is -2.22. The van der Waals surface area contributed by atoms with E-state index in [1.165, 1.54) is 11.8 Å². The lowest BCUT2D eigenvalue weighted by atomic mass is 9.97. The summed E-state index contributed by atoms with van der Waals surface area (Å²) in [5.41, 5.74) is 0.311. The maximum Gasteiger partial charge on any atom is 0.277 e. The number of nitrogens with one attached hydrogen (secondary N) is 1. The van der Waals surface area contributed by atoms with Gasteiger partial charge in [0.2, 0.25) is 11.8 Å². The van der Waals surface area contributed by atoms with Crippen LogP contribution in [0.2, 0.25) is 0 Å². The van der Waals surface area contributed by atoms with Gasteiger partial charge < -0.3 is 19.2 Å². The number of hydrogen-bond donors (Lipinski definition) is 1. The Morgan fingerprint density at radius 1 is 1.24 bits per heavy atom. The number of anilines is 1. The molecule has 0 aliphatic rings. The largest absolute Gasteiger partial charge is 0.497 e. The van der Waals surface area contributed by atoms with E-state index in [9.17, 15) is 4.79 Å². The van der Waals surface area contributed by atoms with Crippen molar-refractivity contribution in [1.82, 2.24) is 10.2 Å². The number of rotatable bonds is 6. The van der Waals surface area contributed by atoms with Gasteiger partial charge in [-0.2, -0.15) is 0 Å². The predicted molar refractivity (Wildman–Crippen MR) is 96.5 cm³/mol. The van der Waals surface area contributed by atoms with Gasteiger partial charge in [-0.15, -0.1) is 10.2 Å². The Morgan fingerprint density at radius 3 is 2.52 bits per heavy atom. The van der Waals surface area contributed by atoms with Crippen molar-refractivity contribution in [3.05, 3.63) is 24.1 Å². The summed E-state index contributed by atoms with van der Waals surface area (Å²) in [6.45, 7) is 7.73. The molecule has 1 heterocycles. The molecule has 1 aromatic heterocycles. The number of carbonyl (C=O) groups is 1. The maximum absolute atomic E-state index is 12.5. The Kier molecular flexibility index (Phi) is 5.94. The number of hydrogen-bond acceptors (Lipinski definition) is 7. The molecule has 0 aliphatic carbocycles. The molecule has 8 heteroatoms. The first-order valence-corrected chi connectivity index (χ1v) is 8.66. The second kappa shape index (κ2) is 7.77. The van der Waals surface area contributed by atoms with E-state index in [4.69, 9.17) is 13.9 Å². The van der Waals surface area contributed by atoms with Gasteiger partial charge >= 0.3 is 0 Å². The van der Waals surface area contributed by atoms with E-state index in [2.05, 4.69) is 15.5 Å². The molecule has 2 rings (SSSR count). The van der Waals surface area contributed by atoms with Crippen LogP contribution in [-0.2, 0) is 10.2 Å². The minimum absolute atomic E-state index is 0.202. The van der Waals surface area contributed by atoms with E-state index in [1.54, 1.807) is 39.3 Å². The molecule has 1 N–H and O–H groups in total. The van der Waals surface area contributed by atoms with Crippen LogP contribution in [0.5, 0.6) is 11.5 Å². The van der Waals surface area contributed by atoms with Crippen molar-refractivity contribution in [3.8, 4) is 11.5 Å². The first-order valence-electron chi connectivity index (χ1n) is 7.78. The van der Waals surface area contributed by atoms with Crippen LogP contribution in [0.1, 0.15) is 33.6 Å². The van der Waals surface area contributed by atoms with Crippen LogP contribution in [0.3, 0.4) is 0 Å². The summed E-state index contributed by atoms with van der Waals surface area (Å²) in [5.74, 6) is 1.52. The Labute approximate surface area is 151 Å². The molecule has 0 radical (unpaired) electrons. The fourth-order valence-corrected chi connectivity index (χ4v) is 2.59. The van der Waals surface area contributed by atoms with Crippen molar-refractivity contribution in [1.29, 1.82) is 0 Å². The molecule has 7 nitrogen and oxygen atoms in total. The molecule has 1 amide bonds. The van der Waals surface area contributed by atoms with Crippen LogP contribution >= 0.6 is 11.8 Å². The third-order valence-electron chi connectivity index (χ3n) is 3.36. The van der Waals surface area contributed by atoms with Crippen LogP contribution < -0.4 is 14.8 Å². The Balaban J connectivity index is 2.07. The first-order chi connectivity index (χ1) is 11.7. The average Bonchev–Trinajstić information content (AvgIpc) is 3.03. The highest BCUT2D eigenvalue weighted by molar-refractivity contribution is 8.00. The SMILES string of the molecule is COc1ccc(OC)c(NC(=O)C(C)Sc2nnc(C(C)(C)C)o2)c1. The summed E-state index contributed by atoms with van der Waals surface area (Å²) in [6, 6.07) is 5.21. The second-order valence-electron chi connectivity index (χ2n) is 6.44. The predicted octanol–water partition coefficient (Wildman–Crippen LogP) is 3.50. The third-order valence-corrected chi connectivity index (χ3v) is 4.29. The van der Waals surface area contributed by atoms with Crippen molar-refractivity contribution < 1.29 is 18.7 Å². The van der Waals surface area contributed by atoms with Gasteiger partial charge in [0, 0.05) is 11.5 Å². The van der Waals surface area contributed by atoms with E-state index in [-0.39, 0.29) is 11.3 Å². The van der Waals surface area contributed by atoms with Crippen molar-refractivity contribution in [2.24, 2.45) is 0 Å². The molecule has 25 heavy (non-hydrogen) atoms. The summed E-state index contributed by atoms with van der Waals surface area (Å²) in [5, 5.41) is 10.8. The number of ether oxygens (including phenoxy) is 2. The van der Waals surface area contributed by atoms with Crippen molar-refractivity contribution in [2.45, 2.75) is 43.6 Å². The fraction of sp³-hybridized carbons (Fsp3) is 0.471. The highest BCUT2D eigenvalue weighted by Crippen LogP contribution is 2.31. The number of amides is 1. The third kappa shape index (κ3) is 4.88. The Bertz CT molecular complexity index is 740. The van der Waals surface area contributed by atoms with E-state index < -0.39 is 5.25 Å². The monoisotopic (exact) mass is 365 g/mol. The molecule has 0 fully saturated rings. The van der Waals surface area contributed by atoms with E-state index in [0.717, 1.165) is 0 Å². The lowest BCUT2D eigenvalue weighted by molar-refractivity contribution is -0.115. The number of benzene rings is 1. The number of thioether (sulfide) groups is 1. The normalized spacial score (nSPS) is 12.6.